The van der Waals surface area contributed by atoms with Crippen LogP contribution in [-0.2, 0) is 0 Å². The Morgan fingerprint density at radius 3 is 3.16 bits per heavy atom. The van der Waals surface area contributed by atoms with Crippen LogP contribution in [-0.4, -0.2) is 46.3 Å². The minimum Gasteiger partial charge on any atom is -0.364 e. The van der Waals surface area contributed by atoms with Gasteiger partial charge in [-0.1, -0.05) is 11.6 Å². The van der Waals surface area contributed by atoms with Crippen LogP contribution >= 0.6 is 11.6 Å². The fourth-order valence-corrected chi connectivity index (χ4v) is 2.73. The highest BCUT2D eigenvalue weighted by Gasteiger charge is 2.19. The third kappa shape index (κ3) is 2.62. The van der Waals surface area contributed by atoms with Gasteiger partial charge in [0.2, 0.25) is 0 Å². The minimum atomic E-state index is 0.349. The van der Waals surface area contributed by atoms with E-state index in [0.717, 1.165) is 30.7 Å². The summed E-state index contributed by atoms with van der Waals surface area (Å²) in [5, 5.41) is 12.9. The molecule has 1 saturated heterocycles. The maximum Gasteiger partial charge on any atom is 0.178 e. The van der Waals surface area contributed by atoms with Gasteiger partial charge in [0.15, 0.2) is 11.0 Å². The Kier molecular flexibility index (Phi) is 3.48. The van der Waals surface area contributed by atoms with Crippen molar-refractivity contribution in [3.05, 3.63) is 23.5 Å². The Morgan fingerprint density at radius 1 is 1.42 bits per heavy atom. The number of hydrogen-bond donors (Lipinski definition) is 1. The van der Waals surface area contributed by atoms with Crippen molar-refractivity contribution in [2.45, 2.75) is 18.9 Å². The van der Waals surface area contributed by atoms with Gasteiger partial charge in [0, 0.05) is 24.2 Å². The fourth-order valence-electron chi connectivity index (χ4n) is 2.54. The molecule has 3 heterocycles. The van der Waals surface area contributed by atoms with Gasteiger partial charge in [0.25, 0.3) is 0 Å². The molecular formula is C13H16ClN5. The van der Waals surface area contributed by atoms with Crippen LogP contribution < -0.4 is 5.32 Å². The molecule has 1 atom stereocenters. The summed E-state index contributed by atoms with van der Waals surface area (Å²) in [5.74, 6) is 0.771. The van der Waals surface area contributed by atoms with E-state index in [-0.39, 0.29) is 0 Å². The SMILES string of the molecule is CN1CCCC(Nc2nnc(Cl)c3ncccc23)C1. The first-order valence-electron chi connectivity index (χ1n) is 6.46. The second-order valence-corrected chi connectivity index (χ2v) is 5.34. The lowest BCUT2D eigenvalue weighted by Gasteiger charge is -2.30. The van der Waals surface area contributed by atoms with Crippen molar-refractivity contribution in [3.8, 4) is 0 Å². The number of likely N-dealkylation sites (tertiary alicyclic amines) is 1. The van der Waals surface area contributed by atoms with Crippen LogP contribution in [0.3, 0.4) is 0 Å². The molecule has 6 heteroatoms. The van der Waals surface area contributed by atoms with E-state index in [2.05, 4.69) is 32.4 Å². The number of fused-ring (bicyclic) bond motifs is 1. The largest absolute Gasteiger partial charge is 0.364 e. The summed E-state index contributed by atoms with van der Waals surface area (Å²) in [6, 6.07) is 4.26. The summed E-state index contributed by atoms with van der Waals surface area (Å²) in [7, 11) is 2.14. The van der Waals surface area contributed by atoms with Crippen LogP contribution in [0.2, 0.25) is 5.15 Å². The highest BCUT2D eigenvalue weighted by Crippen LogP contribution is 2.25. The maximum atomic E-state index is 6.02. The Morgan fingerprint density at radius 2 is 2.32 bits per heavy atom. The molecule has 0 aliphatic carbocycles. The van der Waals surface area contributed by atoms with E-state index in [4.69, 9.17) is 11.6 Å². The molecule has 5 nitrogen and oxygen atoms in total. The lowest BCUT2D eigenvalue weighted by atomic mass is 10.1. The van der Waals surface area contributed by atoms with E-state index in [9.17, 15) is 0 Å². The monoisotopic (exact) mass is 277 g/mol. The molecule has 1 aliphatic heterocycles. The summed E-state index contributed by atoms with van der Waals surface area (Å²) < 4.78 is 0. The Balaban J connectivity index is 1.90. The number of hydrogen-bond acceptors (Lipinski definition) is 5. The molecule has 0 aromatic carbocycles. The molecule has 0 bridgehead atoms. The summed E-state index contributed by atoms with van der Waals surface area (Å²) in [6.07, 6.45) is 4.07. The number of nitrogens with zero attached hydrogens (tertiary/aromatic N) is 4. The summed E-state index contributed by atoms with van der Waals surface area (Å²) in [6.45, 7) is 2.18. The number of aromatic nitrogens is 3. The first-order valence-corrected chi connectivity index (χ1v) is 6.84. The van der Waals surface area contributed by atoms with Crippen molar-refractivity contribution in [2.24, 2.45) is 0 Å². The fraction of sp³-hybridized carbons (Fsp3) is 0.462. The Labute approximate surface area is 117 Å². The second-order valence-electron chi connectivity index (χ2n) is 4.98. The van der Waals surface area contributed by atoms with Crippen LogP contribution in [0, 0.1) is 0 Å². The highest BCUT2D eigenvalue weighted by atomic mass is 35.5. The first kappa shape index (κ1) is 12.6. The summed E-state index contributed by atoms with van der Waals surface area (Å²) in [4.78, 5) is 6.59. The van der Waals surface area contributed by atoms with Gasteiger partial charge in [-0.05, 0) is 38.6 Å². The third-order valence-corrected chi connectivity index (χ3v) is 3.72. The van der Waals surface area contributed by atoms with Crippen molar-refractivity contribution >= 4 is 28.3 Å². The Hall–Kier alpha value is -1.46. The normalized spacial score (nSPS) is 20.6. The topological polar surface area (TPSA) is 53.9 Å². The zero-order chi connectivity index (χ0) is 13.2. The van der Waals surface area contributed by atoms with Crippen LogP contribution in [0.15, 0.2) is 18.3 Å². The van der Waals surface area contributed by atoms with Gasteiger partial charge in [0.1, 0.15) is 5.52 Å². The zero-order valence-electron chi connectivity index (χ0n) is 10.8. The molecule has 2 aromatic heterocycles. The number of halogens is 1. The summed E-state index contributed by atoms with van der Waals surface area (Å²) >= 11 is 6.02. The van der Waals surface area contributed by atoms with Crippen molar-refractivity contribution in [1.82, 2.24) is 20.1 Å². The minimum absolute atomic E-state index is 0.349. The quantitative estimate of drug-likeness (QED) is 0.912. The van der Waals surface area contributed by atoms with E-state index in [1.807, 2.05) is 12.1 Å². The molecule has 0 spiro atoms. The van der Waals surface area contributed by atoms with Crippen molar-refractivity contribution in [1.29, 1.82) is 0 Å². The molecule has 100 valence electrons. The average Bonchev–Trinajstić information content (AvgIpc) is 2.42. The highest BCUT2D eigenvalue weighted by molar-refractivity contribution is 6.33. The number of likely N-dealkylation sites (N-methyl/N-ethyl adjacent to an activating group) is 1. The van der Waals surface area contributed by atoms with Gasteiger partial charge in [-0.2, -0.15) is 0 Å². The van der Waals surface area contributed by atoms with E-state index in [1.54, 1.807) is 6.20 Å². The molecular weight excluding hydrogens is 262 g/mol. The van der Waals surface area contributed by atoms with E-state index in [0.29, 0.717) is 16.7 Å². The molecule has 1 N–H and O–H groups in total. The number of pyridine rings is 1. The molecule has 0 amide bonds. The van der Waals surface area contributed by atoms with Crippen LogP contribution in [0.1, 0.15) is 12.8 Å². The van der Waals surface area contributed by atoms with Gasteiger partial charge < -0.3 is 10.2 Å². The molecule has 0 radical (unpaired) electrons. The molecule has 1 unspecified atom stereocenters. The van der Waals surface area contributed by atoms with Crippen molar-refractivity contribution in [3.63, 3.8) is 0 Å². The van der Waals surface area contributed by atoms with Gasteiger partial charge >= 0.3 is 0 Å². The predicted molar refractivity (Wildman–Crippen MR) is 76.5 cm³/mol. The first-order chi connectivity index (χ1) is 9.24. The number of anilines is 1. The molecule has 0 saturated carbocycles. The van der Waals surface area contributed by atoms with E-state index >= 15 is 0 Å². The lowest BCUT2D eigenvalue weighted by molar-refractivity contribution is 0.261. The number of rotatable bonds is 2. The van der Waals surface area contributed by atoms with E-state index in [1.165, 1.54) is 6.42 Å². The standard InChI is InChI=1S/C13H16ClN5/c1-19-7-3-4-9(8-19)16-13-10-5-2-6-15-11(10)12(14)17-18-13/h2,5-6,9H,3-4,7-8H2,1H3,(H,16,18). The molecule has 1 fully saturated rings. The third-order valence-electron chi connectivity index (χ3n) is 3.46. The van der Waals surface area contributed by atoms with Gasteiger partial charge in [-0.3, -0.25) is 4.98 Å². The second kappa shape index (κ2) is 5.27. The molecule has 2 aromatic rings. The number of nitrogens with one attached hydrogen (secondary N) is 1. The lowest BCUT2D eigenvalue weighted by Crippen LogP contribution is -2.40. The average molecular weight is 278 g/mol. The van der Waals surface area contributed by atoms with Crippen LogP contribution in [0.4, 0.5) is 5.82 Å². The Bertz CT molecular complexity index is 588. The summed E-state index contributed by atoms with van der Waals surface area (Å²) in [5.41, 5.74) is 0.700. The van der Waals surface area contributed by atoms with Gasteiger partial charge in [-0.25, -0.2) is 0 Å². The predicted octanol–water partition coefficient (Wildman–Crippen LogP) is 2.18. The van der Waals surface area contributed by atoms with Crippen molar-refractivity contribution < 1.29 is 0 Å². The van der Waals surface area contributed by atoms with E-state index < -0.39 is 0 Å². The molecule has 1 aliphatic rings. The maximum absolute atomic E-state index is 6.02. The van der Waals surface area contributed by atoms with Gasteiger partial charge in [-0.15, -0.1) is 10.2 Å². The molecule has 3 rings (SSSR count). The van der Waals surface area contributed by atoms with Crippen molar-refractivity contribution in [2.75, 3.05) is 25.5 Å². The van der Waals surface area contributed by atoms with Gasteiger partial charge in [0.05, 0.1) is 0 Å². The van der Waals surface area contributed by atoms with Crippen LogP contribution in [0.5, 0.6) is 0 Å². The molecule has 19 heavy (non-hydrogen) atoms. The van der Waals surface area contributed by atoms with Crippen LogP contribution in [0.25, 0.3) is 10.9 Å². The smallest absolute Gasteiger partial charge is 0.178 e. The number of piperidine rings is 1. The zero-order valence-corrected chi connectivity index (χ0v) is 11.6.